The Kier molecular flexibility index (Phi) is 6.08. The molecule has 1 saturated carbocycles. The van der Waals surface area contributed by atoms with Crippen LogP contribution in [0.15, 0.2) is 28.2 Å². The maximum absolute atomic E-state index is 12.7. The SMILES string of the molecule is C[C@H]1CCCC/C1=N/Nc1ccc(S(=O)(=O)N2CCOCC2)cc1[N+](=O)[O-]. The number of nitrogens with one attached hydrogen (secondary N) is 1. The Morgan fingerprint density at radius 1 is 1.30 bits per heavy atom. The minimum absolute atomic E-state index is 0.0969. The van der Waals surface area contributed by atoms with Crippen LogP contribution in [-0.2, 0) is 14.8 Å². The Hall–Kier alpha value is -2.04. The zero-order valence-electron chi connectivity index (χ0n) is 15.3. The molecule has 1 N–H and O–H groups in total. The molecule has 1 aromatic carbocycles. The van der Waals surface area contributed by atoms with Crippen LogP contribution in [0.5, 0.6) is 0 Å². The van der Waals surface area contributed by atoms with Crippen LogP contribution in [0.3, 0.4) is 0 Å². The summed E-state index contributed by atoms with van der Waals surface area (Å²) in [5.41, 5.74) is 3.64. The first-order chi connectivity index (χ1) is 12.9. The zero-order valence-corrected chi connectivity index (χ0v) is 16.1. The number of morpholine rings is 1. The molecule has 148 valence electrons. The lowest BCUT2D eigenvalue weighted by Crippen LogP contribution is -2.40. The average Bonchev–Trinajstić information content (AvgIpc) is 2.68. The topological polar surface area (TPSA) is 114 Å². The Labute approximate surface area is 158 Å². The number of hydrogen-bond donors (Lipinski definition) is 1. The molecule has 1 aliphatic heterocycles. The minimum atomic E-state index is -3.79. The zero-order chi connectivity index (χ0) is 19.4. The number of nitrogens with zero attached hydrogens (tertiary/aromatic N) is 3. The van der Waals surface area contributed by atoms with E-state index in [1.807, 2.05) is 0 Å². The molecule has 9 nitrogen and oxygen atoms in total. The van der Waals surface area contributed by atoms with Crippen molar-refractivity contribution in [1.82, 2.24) is 4.31 Å². The summed E-state index contributed by atoms with van der Waals surface area (Å²) in [6.45, 7) is 3.20. The van der Waals surface area contributed by atoms with Crippen LogP contribution in [-0.4, -0.2) is 49.7 Å². The summed E-state index contributed by atoms with van der Waals surface area (Å²) in [6.07, 6.45) is 4.14. The van der Waals surface area contributed by atoms with Crippen LogP contribution in [0.4, 0.5) is 11.4 Å². The first-order valence-electron chi connectivity index (χ1n) is 9.08. The molecule has 1 saturated heterocycles. The number of hydrogen-bond acceptors (Lipinski definition) is 7. The number of sulfonamides is 1. The summed E-state index contributed by atoms with van der Waals surface area (Å²) in [7, 11) is -3.79. The van der Waals surface area contributed by atoms with Crippen molar-refractivity contribution in [2.24, 2.45) is 11.0 Å². The third-order valence-corrected chi connectivity index (χ3v) is 6.88. The minimum Gasteiger partial charge on any atom is -0.379 e. The normalized spacial score (nSPS) is 23.3. The number of anilines is 1. The van der Waals surface area contributed by atoms with Crippen LogP contribution < -0.4 is 5.43 Å². The van der Waals surface area contributed by atoms with Crippen LogP contribution >= 0.6 is 0 Å². The molecule has 0 radical (unpaired) electrons. The van der Waals surface area contributed by atoms with E-state index in [-0.39, 0.29) is 29.4 Å². The molecular weight excluding hydrogens is 372 g/mol. The van der Waals surface area contributed by atoms with Crippen molar-refractivity contribution < 1.29 is 18.1 Å². The molecule has 0 aromatic heterocycles. The van der Waals surface area contributed by atoms with Gasteiger partial charge in [-0.05, 0) is 37.3 Å². The molecular formula is C17H24N4O5S. The van der Waals surface area contributed by atoms with Gasteiger partial charge in [0.05, 0.1) is 23.0 Å². The van der Waals surface area contributed by atoms with Gasteiger partial charge >= 0.3 is 0 Å². The second kappa shape index (κ2) is 8.32. The van der Waals surface area contributed by atoms with Gasteiger partial charge in [0.2, 0.25) is 10.0 Å². The second-order valence-corrected chi connectivity index (χ2v) is 8.75. The van der Waals surface area contributed by atoms with E-state index in [0.717, 1.165) is 37.5 Å². The maximum atomic E-state index is 12.7. The smallest absolute Gasteiger partial charge is 0.295 e. The quantitative estimate of drug-likeness (QED) is 0.604. The predicted molar refractivity (Wildman–Crippen MR) is 101 cm³/mol. The molecule has 3 rings (SSSR count). The molecule has 0 amide bonds. The molecule has 27 heavy (non-hydrogen) atoms. The van der Waals surface area contributed by atoms with Crippen molar-refractivity contribution in [3.05, 3.63) is 28.3 Å². The van der Waals surface area contributed by atoms with Gasteiger partial charge < -0.3 is 4.74 Å². The highest BCUT2D eigenvalue weighted by Gasteiger charge is 2.29. The van der Waals surface area contributed by atoms with Gasteiger partial charge in [0.15, 0.2) is 0 Å². The fraction of sp³-hybridized carbons (Fsp3) is 0.588. The fourth-order valence-corrected chi connectivity index (χ4v) is 4.75. The lowest BCUT2D eigenvalue weighted by Gasteiger charge is -2.26. The summed E-state index contributed by atoms with van der Waals surface area (Å²) in [4.78, 5) is 10.8. The Balaban J connectivity index is 1.86. The molecule has 1 aromatic rings. The van der Waals surface area contributed by atoms with Gasteiger partial charge in [-0.25, -0.2) is 8.42 Å². The molecule has 0 bridgehead atoms. The number of hydrazone groups is 1. The summed E-state index contributed by atoms with van der Waals surface area (Å²) in [5.74, 6) is 0.339. The Morgan fingerprint density at radius 2 is 2.04 bits per heavy atom. The largest absolute Gasteiger partial charge is 0.379 e. The highest BCUT2D eigenvalue weighted by molar-refractivity contribution is 7.89. The monoisotopic (exact) mass is 396 g/mol. The summed E-state index contributed by atoms with van der Waals surface area (Å²) < 4.78 is 31.9. The molecule has 2 aliphatic rings. The molecule has 10 heteroatoms. The second-order valence-electron chi connectivity index (χ2n) is 6.81. The number of ether oxygens (including phenoxy) is 1. The van der Waals surface area contributed by atoms with Gasteiger partial charge in [0, 0.05) is 24.9 Å². The van der Waals surface area contributed by atoms with Crippen molar-refractivity contribution >= 4 is 27.1 Å². The average molecular weight is 396 g/mol. The lowest BCUT2D eigenvalue weighted by molar-refractivity contribution is -0.384. The molecule has 1 aliphatic carbocycles. The predicted octanol–water partition coefficient (Wildman–Crippen LogP) is 2.59. The van der Waals surface area contributed by atoms with E-state index in [4.69, 9.17) is 4.74 Å². The third kappa shape index (κ3) is 4.45. The number of nitro groups is 1. The molecule has 1 atom stereocenters. The summed E-state index contributed by atoms with van der Waals surface area (Å²) >= 11 is 0. The van der Waals surface area contributed by atoms with E-state index in [2.05, 4.69) is 17.5 Å². The molecule has 1 heterocycles. The molecule has 0 spiro atoms. The highest BCUT2D eigenvalue weighted by atomic mass is 32.2. The van der Waals surface area contributed by atoms with E-state index in [1.54, 1.807) is 0 Å². The van der Waals surface area contributed by atoms with Gasteiger partial charge in [-0.3, -0.25) is 15.5 Å². The van der Waals surface area contributed by atoms with Crippen LogP contribution in [0.2, 0.25) is 0 Å². The third-order valence-electron chi connectivity index (χ3n) is 4.98. The van der Waals surface area contributed by atoms with Crippen molar-refractivity contribution in [2.75, 3.05) is 31.7 Å². The lowest BCUT2D eigenvalue weighted by atomic mass is 9.89. The van der Waals surface area contributed by atoms with Crippen LogP contribution in [0.25, 0.3) is 0 Å². The number of benzene rings is 1. The number of nitro benzene ring substituents is 1. The van der Waals surface area contributed by atoms with E-state index in [9.17, 15) is 18.5 Å². The van der Waals surface area contributed by atoms with Crippen LogP contribution in [0.1, 0.15) is 32.6 Å². The summed E-state index contributed by atoms with van der Waals surface area (Å²) in [6, 6.07) is 3.88. The van der Waals surface area contributed by atoms with Gasteiger partial charge in [-0.2, -0.15) is 9.41 Å². The van der Waals surface area contributed by atoms with Crippen molar-refractivity contribution in [2.45, 2.75) is 37.5 Å². The van der Waals surface area contributed by atoms with E-state index in [1.165, 1.54) is 16.4 Å². The fourth-order valence-electron chi connectivity index (χ4n) is 3.32. The van der Waals surface area contributed by atoms with E-state index < -0.39 is 14.9 Å². The standard InChI is InChI=1S/C17H24N4O5S/c1-13-4-2-3-5-15(13)18-19-16-7-6-14(12-17(16)21(22)23)27(24,25)20-8-10-26-11-9-20/h6-7,12-13,19H,2-5,8-11H2,1H3/b18-15-/t13-/m0/s1. The highest BCUT2D eigenvalue weighted by Crippen LogP contribution is 2.30. The number of rotatable bonds is 5. The maximum Gasteiger partial charge on any atom is 0.295 e. The van der Waals surface area contributed by atoms with Crippen molar-refractivity contribution in [3.63, 3.8) is 0 Å². The Morgan fingerprint density at radius 3 is 2.70 bits per heavy atom. The molecule has 0 unspecified atom stereocenters. The summed E-state index contributed by atoms with van der Waals surface area (Å²) in [5, 5.41) is 15.8. The first kappa shape index (κ1) is 19.7. The van der Waals surface area contributed by atoms with Gasteiger partial charge in [0.25, 0.3) is 5.69 Å². The molecule has 2 fully saturated rings. The van der Waals surface area contributed by atoms with Crippen molar-refractivity contribution in [3.8, 4) is 0 Å². The van der Waals surface area contributed by atoms with E-state index >= 15 is 0 Å². The van der Waals surface area contributed by atoms with Crippen LogP contribution in [0, 0.1) is 16.0 Å². The van der Waals surface area contributed by atoms with E-state index in [0.29, 0.717) is 19.1 Å². The first-order valence-corrected chi connectivity index (χ1v) is 10.5. The Bertz CT molecular complexity index is 834. The van der Waals surface area contributed by atoms with Gasteiger partial charge in [-0.1, -0.05) is 13.3 Å². The van der Waals surface area contributed by atoms with Crippen molar-refractivity contribution in [1.29, 1.82) is 0 Å². The van der Waals surface area contributed by atoms with Gasteiger partial charge in [-0.15, -0.1) is 0 Å². The van der Waals surface area contributed by atoms with Gasteiger partial charge in [0.1, 0.15) is 5.69 Å².